The summed E-state index contributed by atoms with van der Waals surface area (Å²) in [6.45, 7) is 14.0. The van der Waals surface area contributed by atoms with Crippen LogP contribution in [0.1, 0.15) is 67.7 Å². The zero-order valence-electron chi connectivity index (χ0n) is 35.0. The van der Waals surface area contributed by atoms with Gasteiger partial charge in [-0.2, -0.15) is 0 Å². The summed E-state index contributed by atoms with van der Waals surface area (Å²) < 4.78 is 0. The number of rotatable bonds is 17. The summed E-state index contributed by atoms with van der Waals surface area (Å²) in [6, 6.07) is -3.42. The molecule has 0 saturated carbocycles. The maximum atomic E-state index is 11.6. The molecule has 3 atom stereocenters. The van der Waals surface area contributed by atoms with Gasteiger partial charge in [0.25, 0.3) is 5.91 Å². The van der Waals surface area contributed by atoms with E-state index in [1.54, 1.807) is 35.5 Å². The fourth-order valence-electron chi connectivity index (χ4n) is 4.66. The number of hydrogen-bond donors (Lipinski definition) is 10. The Labute approximate surface area is 344 Å². The topological polar surface area (TPSA) is 344 Å². The molecule has 0 aliphatic carbocycles. The molecule has 1 rings (SSSR count). The third kappa shape index (κ3) is 35.3. The smallest absolute Gasteiger partial charge is 0.326 e. The van der Waals surface area contributed by atoms with Crippen LogP contribution in [0.4, 0.5) is 4.79 Å². The van der Waals surface area contributed by atoms with Crippen molar-refractivity contribution in [3.05, 3.63) is 0 Å². The number of terminal acetylenes is 1. The molecule has 0 aromatic heterocycles. The number of nitrogens with one attached hydrogen (secondary N) is 3. The summed E-state index contributed by atoms with van der Waals surface area (Å²) in [5.41, 5.74) is 0. The van der Waals surface area contributed by atoms with Gasteiger partial charge in [-0.1, -0.05) is 41.5 Å². The molecular formula is C36H65N7O16. The van der Waals surface area contributed by atoms with Crippen molar-refractivity contribution >= 4 is 53.7 Å². The molecule has 0 aromatic rings. The molecule has 1 heterocycles. The summed E-state index contributed by atoms with van der Waals surface area (Å²) >= 11 is 0. The Morgan fingerprint density at radius 1 is 0.576 bits per heavy atom. The number of nitrogens with zero attached hydrogens (tertiary/aromatic N) is 4. The number of carboxylic acid groups (broad SMARTS) is 7. The van der Waals surface area contributed by atoms with Crippen LogP contribution in [0, 0.1) is 12.3 Å². The molecule has 0 radical (unpaired) electrons. The molecule has 23 heteroatoms. The molecular weight excluding hydrogens is 786 g/mol. The van der Waals surface area contributed by atoms with Crippen LogP contribution in [-0.4, -0.2) is 206 Å². The van der Waals surface area contributed by atoms with Crippen molar-refractivity contribution in [2.24, 2.45) is 0 Å². The lowest BCUT2D eigenvalue weighted by Crippen LogP contribution is -2.51. The van der Waals surface area contributed by atoms with Gasteiger partial charge in [0.15, 0.2) is 0 Å². The number of aliphatic carboxylic acids is 7. The van der Waals surface area contributed by atoms with Crippen molar-refractivity contribution in [1.82, 2.24) is 35.6 Å². The third-order valence-electron chi connectivity index (χ3n) is 7.60. The molecule has 0 spiro atoms. The molecule has 1 saturated heterocycles. The zero-order valence-corrected chi connectivity index (χ0v) is 35.0. The van der Waals surface area contributed by atoms with Gasteiger partial charge in [0.2, 0.25) is 0 Å². The highest BCUT2D eigenvalue weighted by atomic mass is 16.4. The van der Waals surface area contributed by atoms with Gasteiger partial charge in [0.1, 0.15) is 18.6 Å². The summed E-state index contributed by atoms with van der Waals surface area (Å²) in [4.78, 5) is 105. The van der Waals surface area contributed by atoms with Gasteiger partial charge < -0.3 is 51.7 Å². The van der Waals surface area contributed by atoms with Gasteiger partial charge in [0.05, 0.1) is 19.6 Å². The Morgan fingerprint density at radius 2 is 0.932 bits per heavy atom. The molecule has 340 valence electrons. The van der Waals surface area contributed by atoms with Crippen molar-refractivity contribution < 1.29 is 78.9 Å². The molecule has 1 aliphatic heterocycles. The minimum absolute atomic E-state index is 0.0208. The second-order valence-corrected chi connectivity index (χ2v) is 11.9. The van der Waals surface area contributed by atoms with Crippen molar-refractivity contribution in [1.29, 1.82) is 0 Å². The van der Waals surface area contributed by atoms with Gasteiger partial charge >= 0.3 is 47.8 Å². The normalized spacial score (nSPS) is 15.2. The highest BCUT2D eigenvalue weighted by molar-refractivity contribution is 5.95. The minimum Gasteiger partial charge on any atom is -0.481 e. The Hall–Kier alpha value is -5.57. The molecule has 10 N–H and O–H groups in total. The van der Waals surface area contributed by atoms with E-state index in [2.05, 4.69) is 10.6 Å². The summed E-state index contributed by atoms with van der Waals surface area (Å²) in [5, 5.41) is 68.1. The minimum atomic E-state index is -1.25. The van der Waals surface area contributed by atoms with Gasteiger partial charge in [-0.05, 0) is 25.7 Å². The monoisotopic (exact) mass is 851 g/mol. The average Bonchev–Trinajstić information content (AvgIpc) is 3.16. The molecule has 3 unspecified atom stereocenters. The second kappa shape index (κ2) is 36.7. The molecule has 1 aliphatic rings. The first-order valence-corrected chi connectivity index (χ1v) is 18.9. The molecule has 0 bridgehead atoms. The number of hydrogen-bond acceptors (Lipinski definition) is 13. The van der Waals surface area contributed by atoms with Crippen LogP contribution in [0.15, 0.2) is 0 Å². The number of urea groups is 1. The Balaban J connectivity index is -0.000000540. The van der Waals surface area contributed by atoms with E-state index in [0.717, 1.165) is 0 Å². The van der Waals surface area contributed by atoms with Crippen LogP contribution in [0.3, 0.4) is 0 Å². The van der Waals surface area contributed by atoms with Gasteiger partial charge in [-0.15, -0.1) is 6.42 Å². The van der Waals surface area contributed by atoms with Crippen molar-refractivity contribution in [2.75, 3.05) is 78.5 Å². The number of carboxylic acids is 7. The van der Waals surface area contributed by atoms with E-state index in [-0.39, 0.29) is 71.1 Å². The van der Waals surface area contributed by atoms with Crippen LogP contribution in [0.5, 0.6) is 0 Å². The van der Waals surface area contributed by atoms with E-state index < -0.39 is 72.4 Å². The Morgan fingerprint density at radius 3 is 1.20 bits per heavy atom. The van der Waals surface area contributed by atoms with E-state index in [9.17, 15) is 63.6 Å². The first-order chi connectivity index (χ1) is 27.6. The number of carbonyl (C=O) groups is 9. The van der Waals surface area contributed by atoms with Crippen LogP contribution in [-0.2, 0) is 38.4 Å². The predicted octanol–water partition coefficient (Wildman–Crippen LogP) is -0.790. The fourth-order valence-corrected chi connectivity index (χ4v) is 4.66. The number of carbonyl (C=O) groups excluding carboxylic acids is 2. The van der Waals surface area contributed by atoms with Crippen LogP contribution in [0.25, 0.3) is 0 Å². The summed E-state index contributed by atoms with van der Waals surface area (Å²) in [5.74, 6) is -6.49. The average molecular weight is 852 g/mol. The van der Waals surface area contributed by atoms with E-state index >= 15 is 0 Å². The second-order valence-electron chi connectivity index (χ2n) is 11.9. The van der Waals surface area contributed by atoms with Gasteiger partial charge in [-0.3, -0.25) is 48.4 Å². The quantitative estimate of drug-likeness (QED) is 0.0802. The molecule has 59 heavy (non-hydrogen) atoms. The van der Waals surface area contributed by atoms with Crippen molar-refractivity contribution in [3.8, 4) is 12.3 Å². The first-order valence-electron chi connectivity index (χ1n) is 18.9. The van der Waals surface area contributed by atoms with E-state index in [0.29, 0.717) is 26.2 Å². The Kier molecular flexibility index (Phi) is 37.4. The van der Waals surface area contributed by atoms with Crippen molar-refractivity contribution in [3.63, 3.8) is 0 Å². The molecule has 23 nitrogen and oxygen atoms in total. The molecule has 3 amide bonds. The lowest BCUT2D eigenvalue weighted by Gasteiger charge is -2.36. The van der Waals surface area contributed by atoms with Gasteiger partial charge in [-0.25, -0.2) is 14.4 Å². The van der Waals surface area contributed by atoms with Crippen LogP contribution >= 0.6 is 0 Å². The third-order valence-corrected chi connectivity index (χ3v) is 7.60. The van der Waals surface area contributed by atoms with E-state index in [1.807, 2.05) is 43.8 Å². The summed E-state index contributed by atoms with van der Waals surface area (Å²) in [7, 11) is 0. The largest absolute Gasteiger partial charge is 0.481 e. The highest BCUT2D eigenvalue weighted by Gasteiger charge is 2.27. The highest BCUT2D eigenvalue weighted by Crippen LogP contribution is 2.10. The lowest BCUT2D eigenvalue weighted by molar-refractivity contribution is -0.142. The fraction of sp³-hybridized carbons (Fsp3) is 0.694. The number of amides is 3. The van der Waals surface area contributed by atoms with Crippen LogP contribution in [0.2, 0.25) is 0 Å². The van der Waals surface area contributed by atoms with Crippen molar-refractivity contribution in [2.45, 2.75) is 85.9 Å². The lowest BCUT2D eigenvalue weighted by atomic mass is 10.1. The standard InChI is InChI=1S/C22H35N5O9.C7H12N2O5.C3H6O2.2C2H6/c1-3-18(28)23-17(22(35)36)12-16(2)27-10-8-25(14-20(31)32)6-4-24(13-19(29)30)5-7-26(9-11-27)15-21(33)34;1-2-4(6(12)13)9-7(14)8-3-5(10)11;1-2-3(4)5;2*1-2/h1,16-17H,4-15H2,2H3,(H,23,28)(H,29,30)(H,31,32)(H,33,34)(H,35,36);4H,2-3H2,1H3,(H,10,11)(H,12,13)(H2,8,9,14);2H2,1H3,(H,4,5);2*1-2H3. The predicted molar refractivity (Wildman–Crippen MR) is 213 cm³/mol. The maximum Gasteiger partial charge on any atom is 0.326 e. The Bertz CT molecular complexity index is 1310. The molecule has 0 aromatic carbocycles. The maximum absolute atomic E-state index is 11.6. The van der Waals surface area contributed by atoms with E-state index in [1.165, 1.54) is 0 Å². The molecule has 1 fully saturated rings. The van der Waals surface area contributed by atoms with E-state index in [4.69, 9.17) is 21.7 Å². The zero-order chi connectivity index (χ0) is 46.7. The SMILES string of the molecule is C#CC(=O)NC(CC(C)N1CCN(CC(=O)O)CCN(CC(=O)O)CCN(CC(=O)O)CC1)C(=O)O.CC.CC.CCC(=O)O.CCC(NC(=O)NCC(=O)O)C(=O)O. The summed E-state index contributed by atoms with van der Waals surface area (Å²) in [6.07, 6.45) is 5.50. The first kappa shape index (κ1) is 60.1. The van der Waals surface area contributed by atoms with Gasteiger partial charge in [0, 0.05) is 64.8 Å². The van der Waals surface area contributed by atoms with Crippen LogP contribution < -0.4 is 16.0 Å².